The molecule has 0 saturated carbocycles. The molecule has 0 aliphatic carbocycles. The van der Waals surface area contributed by atoms with Crippen LogP contribution in [0.25, 0.3) is 11.0 Å². The van der Waals surface area contributed by atoms with Crippen LogP contribution >= 0.6 is 0 Å². The van der Waals surface area contributed by atoms with Gasteiger partial charge in [0.25, 0.3) is 0 Å². The Morgan fingerprint density at radius 2 is 2.00 bits per heavy atom. The smallest absolute Gasteiger partial charge is 0.248 e. The summed E-state index contributed by atoms with van der Waals surface area (Å²) in [6.07, 6.45) is 0. The van der Waals surface area contributed by atoms with Crippen LogP contribution in [0.1, 0.15) is 25.5 Å². The number of rotatable bonds is 1. The largest absolute Gasteiger partial charge is 0.321 e. The molecule has 0 saturated heterocycles. The summed E-state index contributed by atoms with van der Waals surface area (Å²) in [6.45, 7) is 4.19. The lowest BCUT2D eigenvalue weighted by Gasteiger charge is -2.04. The summed E-state index contributed by atoms with van der Waals surface area (Å²) < 4.78 is 0. The molecule has 72 valence electrons. The van der Waals surface area contributed by atoms with Crippen molar-refractivity contribution in [2.24, 2.45) is 0 Å². The number of nitrogens with one attached hydrogen (secondary N) is 1. The van der Waals surface area contributed by atoms with E-state index in [9.17, 15) is 4.79 Å². The molecule has 0 unspecified atom stereocenters. The van der Waals surface area contributed by atoms with Crippen LogP contribution in [0.3, 0.4) is 0 Å². The number of pyridine rings is 2. The first-order valence-electron chi connectivity index (χ1n) is 4.67. The first kappa shape index (κ1) is 8.94. The maximum absolute atomic E-state index is 11.0. The molecule has 0 atom stereocenters. The second kappa shape index (κ2) is 3.25. The van der Waals surface area contributed by atoms with E-state index in [0.717, 1.165) is 16.7 Å². The van der Waals surface area contributed by atoms with Gasteiger partial charge in [0.2, 0.25) is 5.56 Å². The molecule has 2 rings (SSSR count). The highest BCUT2D eigenvalue weighted by molar-refractivity contribution is 5.73. The molecule has 0 aliphatic heterocycles. The summed E-state index contributed by atoms with van der Waals surface area (Å²) in [5.74, 6) is 0.409. The quantitative estimate of drug-likeness (QED) is 0.744. The molecule has 1 N–H and O–H groups in total. The first-order chi connectivity index (χ1) is 6.66. The van der Waals surface area contributed by atoms with Crippen LogP contribution < -0.4 is 5.56 Å². The van der Waals surface area contributed by atoms with Crippen LogP contribution in [-0.2, 0) is 0 Å². The Balaban J connectivity index is 2.67. The molecule has 0 aromatic carbocycles. The van der Waals surface area contributed by atoms with Crippen molar-refractivity contribution >= 4 is 11.0 Å². The van der Waals surface area contributed by atoms with Gasteiger partial charge in [0.15, 0.2) is 0 Å². The van der Waals surface area contributed by atoms with E-state index in [1.807, 2.05) is 12.1 Å². The fourth-order valence-electron chi connectivity index (χ4n) is 1.37. The Bertz CT molecular complexity index is 514. The molecule has 0 fully saturated rings. The Morgan fingerprint density at radius 3 is 2.71 bits per heavy atom. The molecule has 0 spiro atoms. The van der Waals surface area contributed by atoms with E-state index in [0.29, 0.717) is 5.92 Å². The van der Waals surface area contributed by atoms with Gasteiger partial charge >= 0.3 is 0 Å². The molecule has 2 aromatic rings. The van der Waals surface area contributed by atoms with Gasteiger partial charge < -0.3 is 4.98 Å². The van der Waals surface area contributed by atoms with E-state index >= 15 is 0 Å². The molecule has 0 amide bonds. The maximum Gasteiger partial charge on any atom is 0.248 e. The van der Waals surface area contributed by atoms with E-state index in [4.69, 9.17) is 0 Å². The molecule has 14 heavy (non-hydrogen) atoms. The normalized spacial score (nSPS) is 11.1. The van der Waals surface area contributed by atoms with Gasteiger partial charge in [0.05, 0.1) is 11.0 Å². The van der Waals surface area contributed by atoms with Crippen molar-refractivity contribution in [2.75, 3.05) is 0 Å². The van der Waals surface area contributed by atoms with Gasteiger partial charge in [0.1, 0.15) is 0 Å². The number of H-pyrrole nitrogens is 1. The minimum atomic E-state index is -0.0865. The monoisotopic (exact) mass is 188 g/mol. The summed E-state index contributed by atoms with van der Waals surface area (Å²) >= 11 is 0. The lowest BCUT2D eigenvalue weighted by molar-refractivity contribution is 0.829. The minimum Gasteiger partial charge on any atom is -0.321 e. The van der Waals surface area contributed by atoms with E-state index in [1.54, 1.807) is 6.07 Å². The standard InChI is InChI=1S/C11H12N2O/c1-7(2)8-3-4-10-9(12-8)5-6-11(14)13-10/h3-7H,1-2H3,(H,13,14). The Morgan fingerprint density at radius 1 is 1.21 bits per heavy atom. The average Bonchev–Trinajstić information content (AvgIpc) is 2.16. The van der Waals surface area contributed by atoms with Crippen molar-refractivity contribution < 1.29 is 0 Å². The molecule has 3 nitrogen and oxygen atoms in total. The SMILES string of the molecule is CC(C)c1ccc2[nH]c(=O)ccc2n1. The van der Waals surface area contributed by atoms with E-state index in [-0.39, 0.29) is 5.56 Å². The van der Waals surface area contributed by atoms with Crippen LogP contribution in [0.15, 0.2) is 29.1 Å². The van der Waals surface area contributed by atoms with Crippen molar-refractivity contribution in [3.05, 3.63) is 40.3 Å². The van der Waals surface area contributed by atoms with Gasteiger partial charge in [-0.25, -0.2) is 0 Å². The van der Waals surface area contributed by atoms with Gasteiger partial charge in [-0.1, -0.05) is 13.8 Å². The zero-order valence-electron chi connectivity index (χ0n) is 8.24. The topological polar surface area (TPSA) is 45.8 Å². The van der Waals surface area contributed by atoms with Gasteiger partial charge in [-0.2, -0.15) is 0 Å². The fraction of sp³-hybridized carbons (Fsp3) is 0.273. The van der Waals surface area contributed by atoms with Crippen LogP contribution in [0, 0.1) is 0 Å². The highest BCUT2D eigenvalue weighted by Crippen LogP contribution is 2.14. The number of fused-ring (bicyclic) bond motifs is 1. The van der Waals surface area contributed by atoms with Crippen molar-refractivity contribution in [2.45, 2.75) is 19.8 Å². The average molecular weight is 188 g/mol. The third-order valence-corrected chi connectivity index (χ3v) is 2.19. The maximum atomic E-state index is 11.0. The van der Waals surface area contributed by atoms with Crippen LogP contribution in [0.4, 0.5) is 0 Å². The van der Waals surface area contributed by atoms with E-state index in [2.05, 4.69) is 23.8 Å². The van der Waals surface area contributed by atoms with Gasteiger partial charge in [0, 0.05) is 11.8 Å². The van der Waals surface area contributed by atoms with E-state index < -0.39 is 0 Å². The molecule has 3 heteroatoms. The predicted octanol–water partition coefficient (Wildman–Crippen LogP) is 2.05. The van der Waals surface area contributed by atoms with Gasteiger partial charge in [-0.15, -0.1) is 0 Å². The third-order valence-electron chi connectivity index (χ3n) is 2.19. The summed E-state index contributed by atoms with van der Waals surface area (Å²) in [6, 6.07) is 7.10. The van der Waals surface area contributed by atoms with Crippen LogP contribution in [-0.4, -0.2) is 9.97 Å². The lowest BCUT2D eigenvalue weighted by atomic mass is 10.1. The minimum absolute atomic E-state index is 0.0865. The lowest BCUT2D eigenvalue weighted by Crippen LogP contribution is -2.03. The predicted molar refractivity (Wildman–Crippen MR) is 56.5 cm³/mol. The van der Waals surface area contributed by atoms with E-state index in [1.165, 1.54) is 6.07 Å². The molecule has 0 bridgehead atoms. The second-order valence-electron chi connectivity index (χ2n) is 3.65. The van der Waals surface area contributed by atoms with Crippen LogP contribution in [0.2, 0.25) is 0 Å². The summed E-state index contributed by atoms with van der Waals surface area (Å²) in [5, 5.41) is 0. The Kier molecular flexibility index (Phi) is 2.08. The summed E-state index contributed by atoms with van der Waals surface area (Å²) in [5.41, 5.74) is 2.60. The fourth-order valence-corrected chi connectivity index (χ4v) is 1.37. The highest BCUT2D eigenvalue weighted by Gasteiger charge is 2.02. The molecule has 0 radical (unpaired) electrons. The van der Waals surface area contributed by atoms with Crippen molar-refractivity contribution in [3.8, 4) is 0 Å². The number of hydrogen-bond donors (Lipinski definition) is 1. The zero-order chi connectivity index (χ0) is 10.1. The molecular weight excluding hydrogens is 176 g/mol. The molecule has 2 aromatic heterocycles. The molecular formula is C11H12N2O. The highest BCUT2D eigenvalue weighted by atomic mass is 16.1. The van der Waals surface area contributed by atoms with Crippen molar-refractivity contribution in [1.29, 1.82) is 0 Å². The van der Waals surface area contributed by atoms with Crippen LogP contribution in [0.5, 0.6) is 0 Å². The Hall–Kier alpha value is -1.64. The molecule has 2 heterocycles. The number of aromatic amines is 1. The number of hydrogen-bond acceptors (Lipinski definition) is 2. The van der Waals surface area contributed by atoms with Gasteiger partial charge in [-0.05, 0) is 24.1 Å². The number of nitrogens with zero attached hydrogens (tertiary/aromatic N) is 1. The first-order valence-corrected chi connectivity index (χ1v) is 4.67. The van der Waals surface area contributed by atoms with Crippen molar-refractivity contribution in [1.82, 2.24) is 9.97 Å². The van der Waals surface area contributed by atoms with Gasteiger partial charge in [-0.3, -0.25) is 9.78 Å². The Labute approximate surface area is 81.8 Å². The summed E-state index contributed by atoms with van der Waals surface area (Å²) in [4.78, 5) is 18.2. The van der Waals surface area contributed by atoms with Crippen molar-refractivity contribution in [3.63, 3.8) is 0 Å². The zero-order valence-corrected chi connectivity index (χ0v) is 8.24. The third kappa shape index (κ3) is 1.53. The second-order valence-corrected chi connectivity index (χ2v) is 3.65. The summed E-state index contributed by atoms with van der Waals surface area (Å²) in [7, 11) is 0. The molecule has 0 aliphatic rings. The number of aromatic nitrogens is 2.